The largest absolute Gasteiger partial charge is 0.394 e. The Morgan fingerprint density at radius 3 is 3.00 bits per heavy atom. The molecule has 0 aliphatic carbocycles. The van der Waals surface area contributed by atoms with Gasteiger partial charge in [0.1, 0.15) is 11.6 Å². The lowest BCUT2D eigenvalue weighted by atomic mass is 9.90. The summed E-state index contributed by atoms with van der Waals surface area (Å²) >= 11 is 5.48. The van der Waals surface area contributed by atoms with Crippen molar-refractivity contribution in [3.63, 3.8) is 0 Å². The van der Waals surface area contributed by atoms with Gasteiger partial charge in [-0.2, -0.15) is 9.89 Å². The van der Waals surface area contributed by atoms with Crippen molar-refractivity contribution in [2.24, 2.45) is 10.9 Å². The maximum absolute atomic E-state index is 11.2. The normalized spacial score (nSPS) is 30.1. The molecular weight excluding hydrogens is 326 g/mol. The van der Waals surface area contributed by atoms with Crippen molar-refractivity contribution in [3.8, 4) is 11.3 Å². The van der Waals surface area contributed by atoms with Gasteiger partial charge in [-0.3, -0.25) is 4.57 Å². The van der Waals surface area contributed by atoms with Crippen LogP contribution in [0.2, 0.25) is 0 Å². The number of hydrogen-bond acceptors (Lipinski definition) is 9. The number of hydrogen-bond donors (Lipinski definition) is 3. The minimum Gasteiger partial charge on any atom is -0.394 e. The molecule has 0 radical (unpaired) electrons. The van der Waals surface area contributed by atoms with Crippen LogP contribution in [-0.4, -0.2) is 48.9 Å². The second kappa shape index (κ2) is 5.71. The van der Waals surface area contributed by atoms with Crippen LogP contribution in [0.3, 0.4) is 0 Å². The van der Waals surface area contributed by atoms with Crippen LogP contribution < -0.4 is 11.5 Å². The number of aliphatic hydroxyl groups is 1. The average Bonchev–Trinajstić information content (AvgIpc) is 3.05. The predicted octanol–water partition coefficient (Wildman–Crippen LogP) is -0.670. The van der Waals surface area contributed by atoms with Crippen LogP contribution in [0.25, 0.3) is 11.2 Å². The van der Waals surface area contributed by atoms with Gasteiger partial charge in [-0.05, 0) is 11.6 Å². The first-order valence-corrected chi connectivity index (χ1v) is 6.88. The molecule has 23 heavy (non-hydrogen) atoms. The lowest BCUT2D eigenvalue weighted by Gasteiger charge is -2.26. The van der Waals surface area contributed by atoms with Gasteiger partial charge in [-0.1, -0.05) is 11.1 Å². The van der Waals surface area contributed by atoms with Gasteiger partial charge in [-0.25, -0.2) is 9.97 Å². The Morgan fingerprint density at radius 2 is 2.35 bits per heavy atom. The smallest absolute Gasteiger partial charge is 0.222 e. The summed E-state index contributed by atoms with van der Waals surface area (Å²) in [6, 6.07) is -1.12. The van der Waals surface area contributed by atoms with Crippen molar-refractivity contribution in [1.82, 2.24) is 19.5 Å². The number of anilines is 1. The minimum atomic E-state index is -1.57. The Kier molecular flexibility index (Phi) is 3.87. The number of aromatic nitrogens is 4. The molecule has 4 atom stereocenters. The number of nitrogen functional groups attached to an aromatic ring is 1. The molecule has 0 aromatic carbocycles. The molecule has 2 aromatic heterocycles. The van der Waals surface area contributed by atoms with Gasteiger partial charge in [0.25, 0.3) is 0 Å². The minimum absolute atomic E-state index is 0.0343. The van der Waals surface area contributed by atoms with Gasteiger partial charge in [-0.15, -0.1) is 0 Å². The molecule has 3 rings (SSSR count). The zero-order chi connectivity index (χ0) is 16.6. The van der Waals surface area contributed by atoms with Crippen LogP contribution in [0.4, 0.5) is 5.95 Å². The number of halogens is 1. The zero-order valence-electron chi connectivity index (χ0n) is 11.6. The van der Waals surface area contributed by atoms with E-state index in [-0.39, 0.29) is 5.95 Å². The van der Waals surface area contributed by atoms with Crippen molar-refractivity contribution in [2.75, 3.05) is 12.3 Å². The summed E-state index contributed by atoms with van der Waals surface area (Å²) in [5.41, 5.74) is 11.1. The van der Waals surface area contributed by atoms with E-state index in [2.05, 4.69) is 31.4 Å². The molecule has 0 bridgehead atoms. The van der Waals surface area contributed by atoms with Crippen LogP contribution >= 0.6 is 11.6 Å². The van der Waals surface area contributed by atoms with E-state index >= 15 is 0 Å². The van der Waals surface area contributed by atoms with Gasteiger partial charge in [0.2, 0.25) is 5.95 Å². The second-order valence-electron chi connectivity index (χ2n) is 5.00. The molecule has 2 aromatic rings. The van der Waals surface area contributed by atoms with Crippen LogP contribution in [0.1, 0.15) is 6.23 Å². The third-order valence-corrected chi connectivity index (χ3v) is 3.79. The van der Waals surface area contributed by atoms with Crippen LogP contribution in [0, 0.1) is 16.2 Å². The molecule has 1 saturated heterocycles. The summed E-state index contributed by atoms with van der Waals surface area (Å²) < 4.78 is 7.13. The molecular formula is C12H12ClN7O3. The Hall–Kier alpha value is -2.32. The van der Waals surface area contributed by atoms with Crippen molar-refractivity contribution in [1.29, 1.82) is 0 Å². The lowest BCUT2D eigenvalue weighted by Crippen LogP contribution is -2.52. The molecule has 5 N–H and O–H groups in total. The molecule has 1 fully saturated rings. The molecule has 3 heterocycles. The monoisotopic (exact) mass is 337 g/mol. The van der Waals surface area contributed by atoms with Crippen LogP contribution in [0.15, 0.2) is 17.7 Å². The molecule has 0 spiro atoms. The fraction of sp³-hybridized carbons (Fsp3) is 0.417. The first-order valence-electron chi connectivity index (χ1n) is 6.50. The molecule has 1 unspecified atom stereocenters. The number of aliphatic hydroxyl groups excluding tert-OH is 1. The maximum atomic E-state index is 11.2. The van der Waals surface area contributed by atoms with Crippen molar-refractivity contribution >= 4 is 28.7 Å². The fourth-order valence-electron chi connectivity index (χ4n) is 2.63. The quantitative estimate of drug-likeness (QED) is 0.492. The summed E-state index contributed by atoms with van der Waals surface area (Å²) in [7, 11) is 0. The van der Waals surface area contributed by atoms with Crippen LogP contribution in [-0.2, 0) is 4.74 Å². The van der Waals surface area contributed by atoms with E-state index in [1.165, 1.54) is 17.1 Å². The van der Waals surface area contributed by atoms with E-state index in [9.17, 15) is 10.0 Å². The first kappa shape index (κ1) is 15.6. The van der Waals surface area contributed by atoms with E-state index in [0.717, 1.165) is 0 Å². The fourth-order valence-corrected chi connectivity index (χ4v) is 2.79. The highest BCUT2D eigenvalue weighted by molar-refractivity contribution is 6.30. The maximum Gasteiger partial charge on any atom is 0.222 e. The van der Waals surface area contributed by atoms with Crippen molar-refractivity contribution in [3.05, 3.63) is 17.4 Å². The highest BCUT2D eigenvalue weighted by Gasteiger charge is 2.56. The number of fused-ring (bicyclic) bond motifs is 1. The van der Waals surface area contributed by atoms with Gasteiger partial charge in [0, 0.05) is 5.38 Å². The standard InChI is InChI=1S/C12H12ClN7O3/c13-2-1-12(15)8(19-22)7(4-21)23-10(12)20-5-17-6-3-16-11(14)18-9(6)20/h3,5,7-8,10,21H,4,15H2,(H2,14,16,18)/t7-,8?,10-,12-/m1/s1. The van der Waals surface area contributed by atoms with E-state index in [4.69, 9.17) is 27.8 Å². The molecule has 1 aliphatic heterocycles. The van der Waals surface area contributed by atoms with E-state index in [1.54, 1.807) is 0 Å². The predicted molar refractivity (Wildman–Crippen MR) is 80.9 cm³/mol. The SMILES string of the molecule is Nc1ncc2ncn([C@@H]3O[C@H](CO)C(N=O)[C@]3(N)C#CCl)c2n1. The molecule has 1 aliphatic rings. The summed E-state index contributed by atoms with van der Waals surface area (Å²) in [6.07, 6.45) is 0.917. The van der Waals surface area contributed by atoms with Crippen molar-refractivity contribution < 1.29 is 9.84 Å². The highest BCUT2D eigenvalue weighted by atomic mass is 35.5. The molecule has 10 nitrogen and oxygen atoms in total. The first-order chi connectivity index (χ1) is 11.0. The third-order valence-electron chi connectivity index (χ3n) is 3.70. The number of nitroso groups, excluding NO2 is 1. The average molecular weight is 338 g/mol. The van der Waals surface area contributed by atoms with Gasteiger partial charge >= 0.3 is 0 Å². The van der Waals surface area contributed by atoms with Gasteiger partial charge in [0.05, 0.1) is 19.1 Å². The number of rotatable bonds is 3. The van der Waals surface area contributed by atoms with Crippen molar-refractivity contribution in [2.45, 2.75) is 23.9 Å². The van der Waals surface area contributed by atoms with Gasteiger partial charge < -0.3 is 21.3 Å². The molecule has 0 saturated carbocycles. The summed E-state index contributed by atoms with van der Waals surface area (Å²) in [4.78, 5) is 23.3. The summed E-state index contributed by atoms with van der Waals surface area (Å²) in [5.74, 6) is 2.58. The summed E-state index contributed by atoms with van der Waals surface area (Å²) in [5, 5.41) is 14.5. The Bertz CT molecular complexity index is 816. The van der Waals surface area contributed by atoms with E-state index in [1.807, 2.05) is 0 Å². The topological polar surface area (TPSA) is 155 Å². The second-order valence-corrected chi connectivity index (χ2v) is 5.19. The molecule has 0 amide bonds. The van der Waals surface area contributed by atoms with E-state index < -0.39 is 30.5 Å². The lowest BCUT2D eigenvalue weighted by molar-refractivity contribution is -0.0310. The molecule has 120 valence electrons. The number of imidazole rings is 1. The Morgan fingerprint density at radius 1 is 1.57 bits per heavy atom. The Balaban J connectivity index is 2.17. The van der Waals surface area contributed by atoms with E-state index in [0.29, 0.717) is 11.2 Å². The number of nitrogens with zero attached hydrogens (tertiary/aromatic N) is 5. The zero-order valence-corrected chi connectivity index (χ0v) is 12.4. The molecule has 11 heteroatoms. The summed E-state index contributed by atoms with van der Waals surface area (Å²) in [6.45, 7) is -0.459. The third kappa shape index (κ3) is 2.30. The Labute approximate surface area is 134 Å². The number of ether oxygens (including phenoxy) is 1. The number of nitrogens with two attached hydrogens (primary N) is 2. The van der Waals surface area contributed by atoms with Crippen LogP contribution in [0.5, 0.6) is 0 Å². The van der Waals surface area contributed by atoms with Gasteiger partial charge in [0.15, 0.2) is 23.5 Å². The highest BCUT2D eigenvalue weighted by Crippen LogP contribution is 2.39.